The van der Waals surface area contributed by atoms with Crippen molar-refractivity contribution < 1.29 is 19.0 Å². The lowest BCUT2D eigenvalue weighted by atomic mass is 9.98. The van der Waals surface area contributed by atoms with E-state index in [0.717, 1.165) is 48.1 Å². The maximum absolute atomic E-state index is 12.3. The second kappa shape index (κ2) is 21.3. The zero-order valence-electron chi connectivity index (χ0n) is 27.4. The number of ether oxygens (including phenoxy) is 3. The van der Waals surface area contributed by atoms with E-state index in [1.165, 1.54) is 64.2 Å². The Labute approximate surface area is 266 Å². The van der Waals surface area contributed by atoms with Crippen LogP contribution in [0.2, 0.25) is 0 Å². The molecule has 6 nitrogen and oxygen atoms in total. The molecule has 240 valence electrons. The highest BCUT2D eigenvalue weighted by Crippen LogP contribution is 2.38. The molecule has 6 heteroatoms. The summed E-state index contributed by atoms with van der Waals surface area (Å²) in [5, 5.41) is 0. The Kier molecular flexibility index (Phi) is 17.0. The molecule has 0 N–H and O–H groups in total. The van der Waals surface area contributed by atoms with Gasteiger partial charge in [0.25, 0.3) is 0 Å². The van der Waals surface area contributed by atoms with Crippen LogP contribution in [0.25, 0.3) is 22.5 Å². The third-order valence-corrected chi connectivity index (χ3v) is 7.82. The topological polar surface area (TPSA) is 70.5 Å². The zero-order chi connectivity index (χ0) is 31.2. The highest BCUT2D eigenvalue weighted by Gasteiger charge is 2.18. The maximum atomic E-state index is 12.3. The predicted molar refractivity (Wildman–Crippen MR) is 180 cm³/mol. The van der Waals surface area contributed by atoms with E-state index in [1.807, 2.05) is 37.3 Å². The van der Waals surface area contributed by atoms with Crippen molar-refractivity contribution in [1.29, 1.82) is 0 Å². The number of aromatic nitrogens is 2. The van der Waals surface area contributed by atoms with Gasteiger partial charge in [-0.15, -0.1) is 0 Å². The minimum absolute atomic E-state index is 0.226. The lowest BCUT2D eigenvalue weighted by molar-refractivity contribution is -0.164. The largest absolute Gasteiger partial charge is 0.493 e. The van der Waals surface area contributed by atoms with Gasteiger partial charge in [-0.1, -0.05) is 140 Å². The number of hydrogen-bond acceptors (Lipinski definition) is 6. The summed E-state index contributed by atoms with van der Waals surface area (Å²) in [6.45, 7) is 7.03. The van der Waals surface area contributed by atoms with Gasteiger partial charge in [0, 0.05) is 12.8 Å². The van der Waals surface area contributed by atoms with Crippen LogP contribution in [0.1, 0.15) is 124 Å². The number of hydrogen-bond donors (Lipinski definition) is 0. The molecule has 0 aliphatic heterocycles. The number of unbranched alkanes of at least 4 members (excludes halogenated alkanes) is 12. The summed E-state index contributed by atoms with van der Waals surface area (Å²) in [7, 11) is 0. The van der Waals surface area contributed by atoms with Gasteiger partial charge in [0.05, 0.1) is 24.6 Å². The summed E-state index contributed by atoms with van der Waals surface area (Å²) in [5.74, 6) is 1.58. The van der Waals surface area contributed by atoms with Crippen molar-refractivity contribution in [1.82, 2.24) is 9.97 Å². The predicted octanol–water partition coefficient (Wildman–Crippen LogP) is 10.7. The van der Waals surface area contributed by atoms with Crippen molar-refractivity contribution in [2.45, 2.75) is 130 Å². The number of rotatable bonds is 23. The molecule has 1 atom stereocenters. The second-order valence-electron chi connectivity index (χ2n) is 11.6. The Morgan fingerprint density at radius 2 is 1.32 bits per heavy atom. The molecule has 0 aliphatic carbocycles. The lowest BCUT2D eigenvalue weighted by Gasteiger charge is -2.18. The summed E-state index contributed by atoms with van der Waals surface area (Å²) in [5.41, 5.74) is 2.96. The van der Waals surface area contributed by atoms with Crippen LogP contribution < -0.4 is 9.47 Å². The Hall–Kier alpha value is -3.41. The van der Waals surface area contributed by atoms with Crippen molar-refractivity contribution >= 4 is 5.97 Å². The SMILES string of the molecule is CCCCCCCCCCCOc1cccc(-c2ccccc2)c1-c1ncc(O[C@H](CC)OC(=O)CCCCCCC)cn1. The molecule has 2 aromatic carbocycles. The first-order valence-corrected chi connectivity index (χ1v) is 17.2. The fourth-order valence-corrected chi connectivity index (χ4v) is 5.26. The highest BCUT2D eigenvalue weighted by atomic mass is 16.7. The van der Waals surface area contributed by atoms with Gasteiger partial charge in [-0.2, -0.15) is 0 Å². The van der Waals surface area contributed by atoms with Crippen LogP contribution in [-0.2, 0) is 9.53 Å². The quantitative estimate of drug-likeness (QED) is 0.0611. The van der Waals surface area contributed by atoms with Crippen molar-refractivity contribution in [3.05, 3.63) is 60.9 Å². The molecule has 0 unspecified atom stereocenters. The fourth-order valence-electron chi connectivity index (χ4n) is 5.26. The van der Waals surface area contributed by atoms with E-state index in [9.17, 15) is 4.79 Å². The molecule has 1 heterocycles. The van der Waals surface area contributed by atoms with Gasteiger partial charge in [-0.3, -0.25) is 4.79 Å². The Morgan fingerprint density at radius 1 is 0.705 bits per heavy atom. The maximum Gasteiger partial charge on any atom is 0.308 e. The van der Waals surface area contributed by atoms with E-state index < -0.39 is 6.29 Å². The van der Waals surface area contributed by atoms with Crippen molar-refractivity contribution in [2.75, 3.05) is 6.61 Å². The second-order valence-corrected chi connectivity index (χ2v) is 11.6. The first-order valence-electron chi connectivity index (χ1n) is 17.2. The molecule has 0 saturated heterocycles. The summed E-state index contributed by atoms with van der Waals surface area (Å²) in [4.78, 5) is 21.7. The van der Waals surface area contributed by atoms with Gasteiger partial charge in [0.15, 0.2) is 11.6 Å². The van der Waals surface area contributed by atoms with Crippen molar-refractivity contribution in [3.63, 3.8) is 0 Å². The molecule has 0 radical (unpaired) electrons. The van der Waals surface area contributed by atoms with E-state index >= 15 is 0 Å². The summed E-state index contributed by atoms with van der Waals surface area (Å²) in [6.07, 6.45) is 20.5. The van der Waals surface area contributed by atoms with Crippen LogP contribution in [0.5, 0.6) is 11.5 Å². The third kappa shape index (κ3) is 12.7. The van der Waals surface area contributed by atoms with E-state index in [2.05, 4.69) is 42.0 Å². The first-order chi connectivity index (χ1) is 21.7. The van der Waals surface area contributed by atoms with Gasteiger partial charge >= 0.3 is 5.97 Å². The average molecular weight is 603 g/mol. The number of carbonyl (C=O) groups is 1. The molecule has 0 aliphatic rings. The van der Waals surface area contributed by atoms with Gasteiger partial charge in [-0.25, -0.2) is 9.97 Å². The number of esters is 1. The minimum atomic E-state index is -0.667. The Morgan fingerprint density at radius 3 is 1.95 bits per heavy atom. The van der Waals surface area contributed by atoms with Crippen LogP contribution in [0.4, 0.5) is 0 Å². The Balaban J connectivity index is 1.63. The molecule has 0 spiro atoms. The standard InChI is InChI=1S/C38H54N2O4/c1-4-7-9-11-12-13-14-16-21-28-42-34-26-22-25-33(31-23-18-17-19-24-31)37(34)38-39-29-32(30-40-38)43-36(6-3)44-35(41)27-20-15-10-8-5-2/h17-19,22-26,29-30,36H,4-16,20-21,27-28H2,1-3H3/t36-/m0/s1. The average Bonchev–Trinajstić information content (AvgIpc) is 3.06. The van der Waals surface area contributed by atoms with Gasteiger partial charge in [0.2, 0.25) is 6.29 Å². The van der Waals surface area contributed by atoms with Crippen LogP contribution in [0, 0.1) is 0 Å². The molecule has 0 saturated carbocycles. The number of benzene rings is 2. The normalized spacial score (nSPS) is 11.7. The van der Waals surface area contributed by atoms with Gasteiger partial charge < -0.3 is 14.2 Å². The van der Waals surface area contributed by atoms with E-state index in [0.29, 0.717) is 31.0 Å². The molecular formula is C38H54N2O4. The zero-order valence-corrected chi connectivity index (χ0v) is 27.4. The van der Waals surface area contributed by atoms with E-state index in [4.69, 9.17) is 14.2 Å². The molecule has 0 amide bonds. The van der Waals surface area contributed by atoms with Crippen LogP contribution in [0.3, 0.4) is 0 Å². The van der Waals surface area contributed by atoms with Crippen molar-refractivity contribution in [2.24, 2.45) is 0 Å². The van der Waals surface area contributed by atoms with Crippen LogP contribution >= 0.6 is 0 Å². The summed E-state index contributed by atoms with van der Waals surface area (Å²) < 4.78 is 17.9. The monoisotopic (exact) mass is 602 g/mol. The molecule has 1 aromatic heterocycles. The third-order valence-electron chi connectivity index (χ3n) is 7.82. The molecule has 3 rings (SSSR count). The van der Waals surface area contributed by atoms with Gasteiger partial charge in [0.1, 0.15) is 5.75 Å². The number of carbonyl (C=O) groups excluding carboxylic acids is 1. The number of nitrogens with zero attached hydrogens (tertiary/aromatic N) is 2. The molecule has 3 aromatic rings. The highest BCUT2D eigenvalue weighted by molar-refractivity contribution is 5.84. The molecular weight excluding hydrogens is 548 g/mol. The smallest absolute Gasteiger partial charge is 0.308 e. The first kappa shape index (κ1) is 35.1. The molecule has 0 bridgehead atoms. The lowest BCUT2D eigenvalue weighted by Crippen LogP contribution is -2.23. The van der Waals surface area contributed by atoms with Crippen LogP contribution in [0.15, 0.2) is 60.9 Å². The van der Waals surface area contributed by atoms with E-state index in [-0.39, 0.29) is 5.97 Å². The molecule has 44 heavy (non-hydrogen) atoms. The van der Waals surface area contributed by atoms with Crippen LogP contribution in [-0.4, -0.2) is 28.8 Å². The van der Waals surface area contributed by atoms with Crippen molar-refractivity contribution in [3.8, 4) is 34.0 Å². The minimum Gasteiger partial charge on any atom is -0.493 e. The molecule has 0 fully saturated rings. The fraction of sp³-hybridized carbons (Fsp3) is 0.553. The van der Waals surface area contributed by atoms with E-state index in [1.54, 1.807) is 12.4 Å². The Bertz CT molecular complexity index is 1180. The summed E-state index contributed by atoms with van der Waals surface area (Å²) >= 11 is 0. The summed E-state index contributed by atoms with van der Waals surface area (Å²) in [6, 6.07) is 16.4. The van der Waals surface area contributed by atoms with Gasteiger partial charge in [-0.05, 0) is 30.0 Å².